The topological polar surface area (TPSA) is 55.1 Å². The molecule has 0 fully saturated rings. The fraction of sp³-hybridized carbons (Fsp3) is 0.600. The molecule has 0 bridgehead atoms. The summed E-state index contributed by atoms with van der Waals surface area (Å²) in [6.45, 7) is 3.44. The van der Waals surface area contributed by atoms with Crippen LogP contribution in [-0.2, 0) is 18.3 Å². The van der Waals surface area contributed by atoms with Crippen LogP contribution in [0.1, 0.15) is 19.7 Å². The average molecular weight is 228 g/mol. The van der Waals surface area contributed by atoms with Crippen LogP contribution in [0.25, 0.3) is 0 Å². The van der Waals surface area contributed by atoms with Gasteiger partial charge in [0.05, 0.1) is 0 Å². The highest BCUT2D eigenvalue weighted by Crippen LogP contribution is 2.24. The minimum Gasteiger partial charge on any atom is -0.480 e. The number of nitrogens with zero attached hydrogens (tertiary/aromatic N) is 2. The fourth-order valence-corrected chi connectivity index (χ4v) is 2.02. The summed E-state index contributed by atoms with van der Waals surface area (Å²) in [5.41, 5.74) is 0. The number of aromatic nitrogens is 2. The number of thioether (sulfide) groups is 1. The smallest absolute Gasteiger partial charge is 0.319 e. The molecule has 15 heavy (non-hydrogen) atoms. The van der Waals surface area contributed by atoms with Gasteiger partial charge in [0.1, 0.15) is 10.6 Å². The van der Waals surface area contributed by atoms with Gasteiger partial charge in [0.25, 0.3) is 0 Å². The summed E-state index contributed by atoms with van der Waals surface area (Å²) >= 11 is 1.44. The first kappa shape index (κ1) is 12.1. The lowest BCUT2D eigenvalue weighted by atomic mass is 10.2. The molecule has 0 aliphatic rings. The van der Waals surface area contributed by atoms with Crippen molar-refractivity contribution >= 4 is 17.7 Å². The normalized spacial score (nSPS) is 11.7. The zero-order valence-electron chi connectivity index (χ0n) is 9.23. The first-order valence-corrected chi connectivity index (χ1v) is 5.75. The number of aliphatic carboxylic acids is 1. The molecule has 84 valence electrons. The number of hydrogen-bond donors (Lipinski definition) is 1. The van der Waals surface area contributed by atoms with Crippen LogP contribution >= 0.6 is 11.8 Å². The molecule has 4 nitrogen and oxygen atoms in total. The maximum atomic E-state index is 10.8. The number of aryl methyl sites for hydroxylation is 2. The van der Waals surface area contributed by atoms with Crippen LogP contribution < -0.4 is 0 Å². The van der Waals surface area contributed by atoms with E-state index < -0.39 is 10.7 Å². The molecule has 0 aliphatic heterocycles. The van der Waals surface area contributed by atoms with Crippen molar-refractivity contribution in [1.82, 2.24) is 9.55 Å². The largest absolute Gasteiger partial charge is 0.480 e. The van der Waals surface area contributed by atoms with E-state index in [0.29, 0.717) is 0 Å². The first-order chi connectivity index (χ1) is 6.93. The molecule has 1 rings (SSSR count). The molecular weight excluding hydrogens is 212 g/mol. The molecule has 1 heterocycles. The van der Waals surface area contributed by atoms with Gasteiger partial charge in [-0.3, -0.25) is 4.79 Å². The number of hydrogen-bond acceptors (Lipinski definition) is 3. The zero-order chi connectivity index (χ0) is 11.5. The third-order valence-corrected chi connectivity index (χ3v) is 3.53. The Kier molecular flexibility index (Phi) is 3.79. The van der Waals surface area contributed by atoms with Crippen molar-refractivity contribution in [2.75, 3.05) is 5.75 Å². The lowest BCUT2D eigenvalue weighted by molar-refractivity contribution is -0.138. The van der Waals surface area contributed by atoms with Crippen LogP contribution in [0.3, 0.4) is 0 Å². The van der Waals surface area contributed by atoms with Gasteiger partial charge in [-0.15, -0.1) is 11.8 Å². The summed E-state index contributed by atoms with van der Waals surface area (Å²) in [6, 6.07) is 0. The van der Waals surface area contributed by atoms with Gasteiger partial charge in [-0.2, -0.15) is 0 Å². The van der Waals surface area contributed by atoms with Gasteiger partial charge in [0, 0.05) is 31.6 Å². The fourth-order valence-electron chi connectivity index (χ4n) is 1.10. The Labute approximate surface area is 93.7 Å². The molecule has 0 unspecified atom stereocenters. The Balaban J connectivity index is 2.40. The van der Waals surface area contributed by atoms with Gasteiger partial charge >= 0.3 is 5.97 Å². The lowest BCUT2D eigenvalue weighted by Gasteiger charge is -2.17. The van der Waals surface area contributed by atoms with Crippen LogP contribution in [0.4, 0.5) is 0 Å². The van der Waals surface area contributed by atoms with E-state index in [4.69, 9.17) is 5.11 Å². The molecule has 1 aromatic heterocycles. The van der Waals surface area contributed by atoms with Gasteiger partial charge < -0.3 is 9.67 Å². The Morgan fingerprint density at radius 2 is 2.33 bits per heavy atom. The molecule has 5 heteroatoms. The third-order valence-electron chi connectivity index (χ3n) is 2.22. The maximum Gasteiger partial charge on any atom is 0.319 e. The number of carboxylic acids is 1. The summed E-state index contributed by atoms with van der Waals surface area (Å²) in [7, 11) is 1.94. The molecule has 0 radical (unpaired) electrons. The quantitative estimate of drug-likeness (QED) is 0.831. The van der Waals surface area contributed by atoms with Crippen LogP contribution in [0.2, 0.25) is 0 Å². The van der Waals surface area contributed by atoms with Gasteiger partial charge in [-0.1, -0.05) is 0 Å². The highest BCUT2D eigenvalue weighted by Gasteiger charge is 2.27. The van der Waals surface area contributed by atoms with E-state index in [-0.39, 0.29) is 0 Å². The second kappa shape index (κ2) is 4.70. The molecular formula is C10H16N2O2S. The summed E-state index contributed by atoms with van der Waals surface area (Å²) in [5, 5.41) is 8.91. The van der Waals surface area contributed by atoms with Crippen LogP contribution in [0.15, 0.2) is 12.4 Å². The minimum atomic E-state index is -0.771. The van der Waals surface area contributed by atoms with E-state index >= 15 is 0 Å². The lowest BCUT2D eigenvalue weighted by Crippen LogP contribution is -2.27. The van der Waals surface area contributed by atoms with Gasteiger partial charge in [-0.05, 0) is 13.8 Å². The van der Waals surface area contributed by atoms with Crippen LogP contribution in [0.5, 0.6) is 0 Å². The Bertz CT molecular complexity index is 347. The molecule has 0 spiro atoms. The van der Waals surface area contributed by atoms with Crippen molar-refractivity contribution < 1.29 is 9.90 Å². The van der Waals surface area contributed by atoms with Crippen molar-refractivity contribution in [2.24, 2.45) is 7.05 Å². The number of carboxylic acid groups (broad SMARTS) is 1. The standard InChI is InChI=1S/C10H16N2O2S/c1-10(2,9(13)14)15-7-4-8-11-5-6-12(8)3/h5-6H,4,7H2,1-3H3,(H,13,14). The van der Waals surface area contributed by atoms with Gasteiger partial charge in [0.15, 0.2) is 0 Å². The molecule has 0 aromatic carbocycles. The van der Waals surface area contributed by atoms with E-state index in [1.165, 1.54) is 11.8 Å². The zero-order valence-corrected chi connectivity index (χ0v) is 10.0. The van der Waals surface area contributed by atoms with Crippen molar-refractivity contribution in [3.63, 3.8) is 0 Å². The van der Waals surface area contributed by atoms with E-state index in [2.05, 4.69) is 4.98 Å². The molecule has 0 atom stereocenters. The van der Waals surface area contributed by atoms with Crippen molar-refractivity contribution in [3.8, 4) is 0 Å². The molecule has 0 saturated heterocycles. The number of carbonyl (C=O) groups is 1. The Morgan fingerprint density at radius 1 is 1.67 bits per heavy atom. The predicted molar refractivity (Wildman–Crippen MR) is 61.1 cm³/mol. The van der Waals surface area contributed by atoms with Gasteiger partial charge in [0.2, 0.25) is 0 Å². The second-order valence-electron chi connectivity index (χ2n) is 3.87. The van der Waals surface area contributed by atoms with E-state index in [0.717, 1.165) is 18.0 Å². The first-order valence-electron chi connectivity index (χ1n) is 4.77. The molecule has 0 aliphatic carbocycles. The molecule has 1 N–H and O–H groups in total. The third kappa shape index (κ3) is 3.27. The average Bonchev–Trinajstić information content (AvgIpc) is 2.51. The maximum absolute atomic E-state index is 10.8. The number of rotatable bonds is 5. The predicted octanol–water partition coefficient (Wildman–Crippen LogP) is 1.56. The van der Waals surface area contributed by atoms with E-state index in [1.807, 2.05) is 17.8 Å². The van der Waals surface area contributed by atoms with Crippen molar-refractivity contribution in [3.05, 3.63) is 18.2 Å². The SMILES string of the molecule is Cn1ccnc1CCSC(C)(C)C(=O)O. The second-order valence-corrected chi connectivity index (χ2v) is 5.59. The van der Waals surface area contributed by atoms with E-state index in [1.54, 1.807) is 20.0 Å². The highest BCUT2D eigenvalue weighted by atomic mass is 32.2. The summed E-state index contributed by atoms with van der Waals surface area (Å²) in [4.78, 5) is 15.0. The van der Waals surface area contributed by atoms with Crippen LogP contribution in [0, 0.1) is 0 Å². The Hall–Kier alpha value is -0.970. The highest BCUT2D eigenvalue weighted by molar-refractivity contribution is 8.01. The monoisotopic (exact) mass is 228 g/mol. The summed E-state index contributed by atoms with van der Waals surface area (Å²) < 4.78 is 1.24. The molecule has 0 amide bonds. The molecule has 1 aromatic rings. The van der Waals surface area contributed by atoms with Crippen molar-refractivity contribution in [1.29, 1.82) is 0 Å². The van der Waals surface area contributed by atoms with Crippen LogP contribution in [-0.4, -0.2) is 31.1 Å². The minimum absolute atomic E-state index is 0.717. The van der Waals surface area contributed by atoms with Crippen molar-refractivity contribution in [2.45, 2.75) is 25.0 Å². The number of imidazole rings is 1. The van der Waals surface area contributed by atoms with Gasteiger partial charge in [-0.25, -0.2) is 4.98 Å². The molecule has 0 saturated carbocycles. The Morgan fingerprint density at radius 3 is 2.80 bits per heavy atom. The summed E-state index contributed by atoms with van der Waals surface area (Å²) in [5.74, 6) is 0.987. The van der Waals surface area contributed by atoms with E-state index in [9.17, 15) is 4.79 Å². The summed E-state index contributed by atoms with van der Waals surface area (Å²) in [6.07, 6.45) is 4.44.